The lowest BCUT2D eigenvalue weighted by atomic mass is 9.87. The zero-order valence-corrected chi connectivity index (χ0v) is 8.75. The van der Waals surface area contributed by atoms with Gasteiger partial charge in [-0.2, -0.15) is 10.5 Å². The van der Waals surface area contributed by atoms with Gasteiger partial charge >= 0.3 is 0 Å². The van der Waals surface area contributed by atoms with E-state index in [2.05, 4.69) is 18.9 Å². The maximum atomic E-state index is 8.81. The Labute approximate surface area is 85.2 Å². The molecule has 1 aliphatic rings. The Bertz CT molecular complexity index is 300. The van der Waals surface area contributed by atoms with E-state index in [9.17, 15) is 0 Å². The second kappa shape index (κ2) is 4.79. The van der Waals surface area contributed by atoms with Gasteiger partial charge in [0.15, 0.2) is 0 Å². The standard InChI is InChI=1S/C11H15N3/c1-3-9-8-14(2)5-4-11(9)10(6-12)7-13/h9H,3-5,8H2,1-2H3. The lowest BCUT2D eigenvalue weighted by molar-refractivity contribution is 0.253. The van der Waals surface area contributed by atoms with Crippen LogP contribution in [0.2, 0.25) is 0 Å². The molecule has 1 fully saturated rings. The number of likely N-dealkylation sites (tertiary alicyclic amines) is 1. The van der Waals surface area contributed by atoms with Crippen molar-refractivity contribution in [3.63, 3.8) is 0 Å². The van der Waals surface area contributed by atoms with Crippen LogP contribution in [0.3, 0.4) is 0 Å². The molecule has 0 saturated carbocycles. The second-order valence-corrected chi connectivity index (χ2v) is 3.74. The average molecular weight is 189 g/mol. The fraction of sp³-hybridized carbons (Fsp3) is 0.636. The van der Waals surface area contributed by atoms with Gasteiger partial charge in [0.2, 0.25) is 0 Å². The Hall–Kier alpha value is -1.32. The van der Waals surface area contributed by atoms with E-state index in [-0.39, 0.29) is 0 Å². The van der Waals surface area contributed by atoms with Crippen LogP contribution >= 0.6 is 0 Å². The van der Waals surface area contributed by atoms with Crippen LogP contribution in [-0.4, -0.2) is 25.0 Å². The smallest absolute Gasteiger partial charge is 0.129 e. The number of nitrogens with zero attached hydrogens (tertiary/aromatic N) is 3. The second-order valence-electron chi connectivity index (χ2n) is 3.74. The molecule has 0 aromatic rings. The minimum absolute atomic E-state index is 0.338. The molecule has 14 heavy (non-hydrogen) atoms. The summed E-state index contributed by atoms with van der Waals surface area (Å²) in [4.78, 5) is 2.25. The van der Waals surface area contributed by atoms with E-state index in [0.29, 0.717) is 11.5 Å². The molecule has 0 radical (unpaired) electrons. The van der Waals surface area contributed by atoms with Gasteiger partial charge in [-0.3, -0.25) is 0 Å². The molecule has 0 N–H and O–H groups in total. The quantitative estimate of drug-likeness (QED) is 0.590. The summed E-state index contributed by atoms with van der Waals surface area (Å²) < 4.78 is 0. The third-order valence-electron chi connectivity index (χ3n) is 2.83. The molecular weight excluding hydrogens is 174 g/mol. The molecule has 1 atom stereocenters. The van der Waals surface area contributed by atoms with Gasteiger partial charge in [-0.05, 0) is 31.4 Å². The topological polar surface area (TPSA) is 50.8 Å². The SMILES string of the molecule is CCC1CN(C)CCC1=C(C#N)C#N. The molecule has 0 spiro atoms. The molecule has 1 unspecified atom stereocenters. The van der Waals surface area contributed by atoms with Crippen molar-refractivity contribution in [2.75, 3.05) is 20.1 Å². The summed E-state index contributed by atoms with van der Waals surface area (Å²) >= 11 is 0. The minimum Gasteiger partial charge on any atom is -0.305 e. The first-order valence-corrected chi connectivity index (χ1v) is 4.94. The first-order valence-electron chi connectivity index (χ1n) is 4.94. The predicted molar refractivity (Wildman–Crippen MR) is 54.1 cm³/mol. The summed E-state index contributed by atoms with van der Waals surface area (Å²) in [6.45, 7) is 4.04. The fourth-order valence-electron chi connectivity index (χ4n) is 1.97. The molecule has 1 aliphatic heterocycles. The highest BCUT2D eigenvalue weighted by atomic mass is 15.1. The third-order valence-corrected chi connectivity index (χ3v) is 2.83. The number of hydrogen-bond donors (Lipinski definition) is 0. The van der Waals surface area contributed by atoms with Crippen molar-refractivity contribution in [2.24, 2.45) is 5.92 Å². The van der Waals surface area contributed by atoms with Crippen molar-refractivity contribution < 1.29 is 0 Å². The molecule has 0 aliphatic carbocycles. The highest BCUT2D eigenvalue weighted by Gasteiger charge is 2.23. The number of rotatable bonds is 1. The first kappa shape index (κ1) is 10.8. The monoisotopic (exact) mass is 189 g/mol. The average Bonchev–Trinajstić information content (AvgIpc) is 2.21. The van der Waals surface area contributed by atoms with E-state index in [1.165, 1.54) is 0 Å². The van der Waals surface area contributed by atoms with Gasteiger partial charge in [0.05, 0.1) is 0 Å². The molecule has 3 heteroatoms. The van der Waals surface area contributed by atoms with Crippen molar-refractivity contribution in [3.8, 4) is 12.1 Å². The summed E-state index contributed by atoms with van der Waals surface area (Å²) in [6, 6.07) is 4.00. The van der Waals surface area contributed by atoms with E-state index in [0.717, 1.165) is 31.5 Å². The van der Waals surface area contributed by atoms with Crippen LogP contribution in [0.1, 0.15) is 19.8 Å². The molecule has 1 rings (SSSR count). The summed E-state index contributed by atoms with van der Waals surface area (Å²) in [5, 5.41) is 17.6. The molecule has 74 valence electrons. The molecular formula is C11H15N3. The highest BCUT2D eigenvalue weighted by molar-refractivity contribution is 5.41. The van der Waals surface area contributed by atoms with Crippen LogP contribution < -0.4 is 0 Å². The Morgan fingerprint density at radius 1 is 1.50 bits per heavy atom. The van der Waals surface area contributed by atoms with E-state index in [4.69, 9.17) is 10.5 Å². The largest absolute Gasteiger partial charge is 0.305 e. The molecule has 1 saturated heterocycles. The normalized spacial score (nSPS) is 22.6. The van der Waals surface area contributed by atoms with Gasteiger partial charge in [-0.25, -0.2) is 0 Å². The van der Waals surface area contributed by atoms with Crippen molar-refractivity contribution >= 4 is 0 Å². The van der Waals surface area contributed by atoms with Gasteiger partial charge in [-0.1, -0.05) is 6.92 Å². The number of nitriles is 2. The highest BCUT2D eigenvalue weighted by Crippen LogP contribution is 2.27. The Morgan fingerprint density at radius 2 is 2.14 bits per heavy atom. The van der Waals surface area contributed by atoms with E-state index < -0.39 is 0 Å². The Balaban J connectivity index is 2.94. The third kappa shape index (κ3) is 2.13. The Morgan fingerprint density at radius 3 is 2.64 bits per heavy atom. The maximum Gasteiger partial charge on any atom is 0.129 e. The van der Waals surface area contributed by atoms with Crippen LogP contribution in [0, 0.1) is 28.6 Å². The van der Waals surface area contributed by atoms with Crippen LogP contribution in [0.5, 0.6) is 0 Å². The van der Waals surface area contributed by atoms with Gasteiger partial charge < -0.3 is 4.90 Å². The molecule has 0 amide bonds. The summed E-state index contributed by atoms with van der Waals surface area (Å²) in [5.41, 5.74) is 1.40. The maximum absolute atomic E-state index is 8.81. The van der Waals surface area contributed by atoms with Crippen LogP contribution in [0.25, 0.3) is 0 Å². The lowest BCUT2D eigenvalue weighted by Crippen LogP contribution is -2.33. The van der Waals surface area contributed by atoms with Gasteiger partial charge in [0.1, 0.15) is 17.7 Å². The van der Waals surface area contributed by atoms with Crippen LogP contribution in [-0.2, 0) is 0 Å². The first-order chi connectivity index (χ1) is 6.72. The van der Waals surface area contributed by atoms with Crippen molar-refractivity contribution in [1.29, 1.82) is 10.5 Å². The van der Waals surface area contributed by atoms with Crippen molar-refractivity contribution in [2.45, 2.75) is 19.8 Å². The predicted octanol–water partition coefficient (Wildman–Crippen LogP) is 1.69. The van der Waals surface area contributed by atoms with Crippen LogP contribution in [0.15, 0.2) is 11.1 Å². The molecule has 0 aromatic heterocycles. The zero-order chi connectivity index (χ0) is 10.6. The summed E-state index contributed by atoms with van der Waals surface area (Å²) in [6.07, 6.45) is 1.87. The number of hydrogen-bond acceptors (Lipinski definition) is 3. The number of allylic oxidation sites excluding steroid dienone is 1. The van der Waals surface area contributed by atoms with Gasteiger partial charge in [0, 0.05) is 13.1 Å². The van der Waals surface area contributed by atoms with Crippen LogP contribution in [0.4, 0.5) is 0 Å². The molecule has 3 nitrogen and oxygen atoms in total. The van der Waals surface area contributed by atoms with E-state index in [1.807, 2.05) is 12.1 Å². The van der Waals surface area contributed by atoms with Crippen molar-refractivity contribution in [3.05, 3.63) is 11.1 Å². The van der Waals surface area contributed by atoms with Gasteiger partial charge in [-0.15, -0.1) is 0 Å². The summed E-state index contributed by atoms with van der Waals surface area (Å²) in [7, 11) is 2.08. The summed E-state index contributed by atoms with van der Waals surface area (Å²) in [5.74, 6) is 0.392. The number of piperidine rings is 1. The van der Waals surface area contributed by atoms with E-state index >= 15 is 0 Å². The Kier molecular flexibility index (Phi) is 3.68. The lowest BCUT2D eigenvalue weighted by Gasteiger charge is -2.31. The van der Waals surface area contributed by atoms with E-state index in [1.54, 1.807) is 0 Å². The fourth-order valence-corrected chi connectivity index (χ4v) is 1.97. The van der Waals surface area contributed by atoms with Gasteiger partial charge in [0.25, 0.3) is 0 Å². The molecule has 0 aromatic carbocycles. The molecule has 1 heterocycles. The zero-order valence-electron chi connectivity index (χ0n) is 8.75. The van der Waals surface area contributed by atoms with Crippen molar-refractivity contribution in [1.82, 2.24) is 4.90 Å². The molecule has 0 bridgehead atoms. The minimum atomic E-state index is 0.338.